The van der Waals surface area contributed by atoms with Crippen LogP contribution in [0.15, 0.2) is 18.0 Å². The van der Waals surface area contributed by atoms with Gasteiger partial charge in [-0.05, 0) is 44.7 Å². The van der Waals surface area contributed by atoms with Gasteiger partial charge in [-0.15, -0.1) is 11.3 Å². The first kappa shape index (κ1) is 25.4. The Balaban J connectivity index is 0.00000155. The molecule has 1 aromatic rings. The second-order valence-electron chi connectivity index (χ2n) is 8.34. The molecule has 0 aromatic carbocycles. The number of halogens is 1. The molecule has 172 valence electrons. The van der Waals surface area contributed by atoms with Crippen LogP contribution in [0.2, 0.25) is 4.34 Å². The molecule has 0 aliphatic carbocycles. The fourth-order valence-corrected chi connectivity index (χ4v) is 5.32. The molecule has 0 amide bonds. The maximum absolute atomic E-state index is 9.94. The van der Waals surface area contributed by atoms with Crippen LogP contribution >= 0.6 is 22.9 Å². The number of aliphatic hydroxyl groups excluding tert-OH is 1. The van der Waals surface area contributed by atoms with Gasteiger partial charge in [0.2, 0.25) is 0 Å². The van der Waals surface area contributed by atoms with E-state index in [1.807, 2.05) is 13.8 Å². The van der Waals surface area contributed by atoms with Gasteiger partial charge in [-0.1, -0.05) is 25.4 Å². The smallest absolute Gasteiger partial charge is 0.105 e. The third-order valence-corrected chi connectivity index (χ3v) is 7.04. The van der Waals surface area contributed by atoms with Crippen molar-refractivity contribution in [3.8, 4) is 0 Å². The van der Waals surface area contributed by atoms with Crippen molar-refractivity contribution in [3.63, 3.8) is 0 Å². The normalized spacial score (nSPS) is 20.3. The number of ether oxygens (including phenoxy) is 1. The summed E-state index contributed by atoms with van der Waals surface area (Å²) in [5, 5.41) is 21.1. The summed E-state index contributed by atoms with van der Waals surface area (Å²) in [7, 11) is 0. The molecule has 3 heterocycles. The zero-order valence-corrected chi connectivity index (χ0v) is 20.1. The maximum atomic E-state index is 9.94. The first-order valence-electron chi connectivity index (χ1n) is 10.6. The Morgan fingerprint density at radius 1 is 1.43 bits per heavy atom. The summed E-state index contributed by atoms with van der Waals surface area (Å²) in [5.74, 6) is 5.90. The molecule has 2 aliphatic rings. The predicted molar refractivity (Wildman–Crippen MR) is 123 cm³/mol. The van der Waals surface area contributed by atoms with E-state index in [1.54, 1.807) is 31.4 Å². The number of thiophene rings is 1. The number of fused-ring (bicyclic) bond motifs is 2. The van der Waals surface area contributed by atoms with Gasteiger partial charge in [0.25, 0.3) is 0 Å². The number of likely N-dealkylation sites (tertiary alicyclic amines) is 1. The van der Waals surface area contributed by atoms with E-state index in [1.165, 1.54) is 15.4 Å². The Morgan fingerprint density at radius 2 is 2.07 bits per heavy atom. The van der Waals surface area contributed by atoms with E-state index < -0.39 is 11.7 Å². The Kier molecular flexibility index (Phi) is 9.00. The summed E-state index contributed by atoms with van der Waals surface area (Å²) < 4.78 is 7.07. The van der Waals surface area contributed by atoms with E-state index in [4.69, 9.17) is 27.9 Å². The molecule has 1 spiro atoms. The van der Waals surface area contributed by atoms with Gasteiger partial charge in [0.05, 0.1) is 23.1 Å². The topological polar surface area (TPSA) is 108 Å². The van der Waals surface area contributed by atoms with Crippen molar-refractivity contribution in [2.24, 2.45) is 11.6 Å². The van der Waals surface area contributed by atoms with Gasteiger partial charge in [0.1, 0.15) is 11.7 Å². The van der Waals surface area contributed by atoms with Gasteiger partial charge in [-0.25, -0.2) is 5.84 Å². The highest BCUT2D eigenvalue weighted by Gasteiger charge is 2.42. The van der Waals surface area contributed by atoms with Gasteiger partial charge >= 0.3 is 0 Å². The number of aliphatic hydroxyl groups is 2. The fraction of sp³-hybridized carbons (Fsp3) is 0.714. The lowest BCUT2D eigenvalue weighted by Gasteiger charge is -2.43. The molecule has 9 heteroatoms. The van der Waals surface area contributed by atoms with Crippen molar-refractivity contribution < 1.29 is 14.9 Å². The van der Waals surface area contributed by atoms with E-state index in [9.17, 15) is 10.2 Å². The molecular weight excluding hydrogens is 424 g/mol. The maximum Gasteiger partial charge on any atom is 0.105 e. The van der Waals surface area contributed by atoms with Crippen LogP contribution in [-0.2, 0) is 16.8 Å². The lowest BCUT2D eigenvalue weighted by Crippen LogP contribution is -2.47. The summed E-state index contributed by atoms with van der Waals surface area (Å²) in [6.07, 6.45) is 3.41. The summed E-state index contributed by atoms with van der Waals surface area (Å²) in [5.41, 5.74) is 6.67. The second kappa shape index (κ2) is 10.6. The van der Waals surface area contributed by atoms with Gasteiger partial charge in [-0.2, -0.15) is 0 Å². The minimum Gasteiger partial charge on any atom is -0.400 e. The lowest BCUT2D eigenvalue weighted by molar-refractivity contribution is -0.0941. The number of piperidine rings is 1. The first-order chi connectivity index (χ1) is 14.1. The molecule has 30 heavy (non-hydrogen) atoms. The average molecular weight is 461 g/mol. The Bertz CT molecular complexity index is 712. The van der Waals surface area contributed by atoms with Gasteiger partial charge in [0, 0.05) is 36.4 Å². The van der Waals surface area contributed by atoms with Crippen LogP contribution in [0.5, 0.6) is 0 Å². The predicted octanol–water partition coefficient (Wildman–Crippen LogP) is 2.40. The standard InChI is InChI=1S/C19H31ClN4O3S.C2H6/c1-18(2,26)15(25)12-24(22)11-14(21)10-23-6-4-19(5-7-23)17-13(3-8-27-19)9-16(20)28-17;1-2/h9,11,15,25-26H,3-8,10,12,21-22H2,1-2H3;1-2H3/b14-11-;. The van der Waals surface area contributed by atoms with Crippen LogP contribution in [0.3, 0.4) is 0 Å². The highest BCUT2D eigenvalue weighted by molar-refractivity contribution is 7.16. The Morgan fingerprint density at radius 3 is 2.67 bits per heavy atom. The molecule has 0 saturated carbocycles. The first-order valence-corrected chi connectivity index (χ1v) is 11.8. The van der Waals surface area contributed by atoms with Crippen LogP contribution in [0, 0.1) is 0 Å². The second-order valence-corrected chi connectivity index (χ2v) is 10.0. The molecular formula is C21H37ClN4O3S. The highest BCUT2D eigenvalue weighted by atomic mass is 35.5. The monoisotopic (exact) mass is 460 g/mol. The molecule has 1 unspecified atom stereocenters. The van der Waals surface area contributed by atoms with Gasteiger partial charge < -0.3 is 25.7 Å². The van der Waals surface area contributed by atoms with Crippen LogP contribution in [-0.4, -0.2) is 64.6 Å². The Labute approximate surface area is 189 Å². The molecule has 2 aliphatic heterocycles. The quantitative estimate of drug-likeness (QED) is 0.381. The molecule has 1 atom stereocenters. The van der Waals surface area contributed by atoms with Crippen molar-refractivity contribution >= 4 is 22.9 Å². The largest absolute Gasteiger partial charge is 0.400 e. The summed E-state index contributed by atoms with van der Waals surface area (Å²) >= 11 is 7.89. The van der Waals surface area contributed by atoms with Crippen molar-refractivity contribution in [2.75, 3.05) is 32.8 Å². The molecule has 7 nitrogen and oxygen atoms in total. The zero-order chi connectivity index (χ0) is 22.5. The molecule has 6 N–H and O–H groups in total. The minimum atomic E-state index is -1.22. The molecule has 0 radical (unpaired) electrons. The van der Waals surface area contributed by atoms with E-state index >= 15 is 0 Å². The van der Waals surface area contributed by atoms with Crippen molar-refractivity contribution in [1.29, 1.82) is 0 Å². The highest BCUT2D eigenvalue weighted by Crippen LogP contribution is 2.46. The lowest BCUT2D eigenvalue weighted by atomic mass is 9.85. The summed E-state index contributed by atoms with van der Waals surface area (Å²) in [4.78, 5) is 3.57. The molecule has 1 saturated heterocycles. The SMILES string of the molecule is CC.CC(C)(O)C(O)CN(N)/C=C(\N)CN1CCC2(CC1)OCCc1cc(Cl)sc12. The number of nitrogens with two attached hydrogens (primary N) is 2. The number of hydrogen-bond acceptors (Lipinski definition) is 8. The fourth-order valence-electron chi connectivity index (χ4n) is 3.82. The number of nitrogens with zero attached hydrogens (tertiary/aromatic N) is 2. The van der Waals surface area contributed by atoms with E-state index in [0.29, 0.717) is 12.2 Å². The molecule has 0 bridgehead atoms. The Hall–Kier alpha value is -0.870. The zero-order valence-electron chi connectivity index (χ0n) is 18.5. The summed E-state index contributed by atoms with van der Waals surface area (Å²) in [6.45, 7) is 10.3. The number of rotatable bonds is 6. The number of hydrogen-bond donors (Lipinski definition) is 4. The van der Waals surface area contributed by atoms with Crippen molar-refractivity contribution in [3.05, 3.63) is 32.7 Å². The summed E-state index contributed by atoms with van der Waals surface area (Å²) in [6, 6.07) is 2.08. The van der Waals surface area contributed by atoms with Crippen LogP contribution in [0.4, 0.5) is 0 Å². The third kappa shape index (κ3) is 6.32. The molecule has 1 fully saturated rings. The van der Waals surface area contributed by atoms with Crippen molar-refractivity contribution in [1.82, 2.24) is 9.91 Å². The third-order valence-electron chi connectivity index (χ3n) is 5.54. The van der Waals surface area contributed by atoms with Gasteiger partial charge in [0.15, 0.2) is 0 Å². The number of hydrazine groups is 1. The van der Waals surface area contributed by atoms with Crippen LogP contribution in [0.25, 0.3) is 0 Å². The van der Waals surface area contributed by atoms with E-state index in [2.05, 4.69) is 11.0 Å². The van der Waals surface area contributed by atoms with Crippen molar-refractivity contribution in [2.45, 2.75) is 64.3 Å². The molecule has 3 rings (SSSR count). The van der Waals surface area contributed by atoms with Crippen LogP contribution < -0.4 is 11.6 Å². The molecule has 1 aromatic heterocycles. The minimum absolute atomic E-state index is 0.100. The average Bonchev–Trinajstić information content (AvgIpc) is 3.06. The van der Waals surface area contributed by atoms with Gasteiger partial charge in [-0.3, -0.25) is 4.90 Å². The van der Waals surface area contributed by atoms with Crippen LogP contribution in [0.1, 0.15) is 51.0 Å². The van der Waals surface area contributed by atoms with E-state index in [0.717, 1.165) is 43.3 Å². The van der Waals surface area contributed by atoms with E-state index in [-0.39, 0.29) is 12.1 Å².